The van der Waals surface area contributed by atoms with E-state index in [4.69, 9.17) is 14.6 Å². The molecule has 36 heavy (non-hydrogen) atoms. The molecule has 2 atom stereocenters. The third-order valence-electron chi connectivity index (χ3n) is 7.79. The van der Waals surface area contributed by atoms with Crippen molar-refractivity contribution in [2.45, 2.75) is 131 Å². The highest BCUT2D eigenvalue weighted by Crippen LogP contribution is 2.44. The third kappa shape index (κ3) is 9.48. The van der Waals surface area contributed by atoms with Crippen molar-refractivity contribution < 1.29 is 19.4 Å². The van der Waals surface area contributed by atoms with Crippen molar-refractivity contribution in [3.05, 3.63) is 34.4 Å². The fourth-order valence-corrected chi connectivity index (χ4v) is 5.21. The van der Waals surface area contributed by atoms with Gasteiger partial charge in [0.05, 0.1) is 6.61 Å². The molecule has 0 saturated carbocycles. The first-order chi connectivity index (χ1) is 17.0. The number of hydrogen-bond acceptors (Lipinski definition) is 3. The lowest BCUT2D eigenvalue weighted by atomic mass is 9.86. The summed E-state index contributed by atoms with van der Waals surface area (Å²) in [5, 5.41) is 8.73. The van der Waals surface area contributed by atoms with Crippen LogP contribution < -0.4 is 9.47 Å². The molecule has 0 fully saturated rings. The molecule has 1 aromatic carbocycles. The second kappa shape index (κ2) is 14.7. The van der Waals surface area contributed by atoms with Gasteiger partial charge in [-0.15, -0.1) is 0 Å². The van der Waals surface area contributed by atoms with Crippen LogP contribution in [0.25, 0.3) is 0 Å². The Morgan fingerprint density at radius 1 is 1.00 bits per heavy atom. The predicted octanol–water partition coefficient (Wildman–Crippen LogP) is 8.91. The monoisotopic (exact) mass is 500 g/mol. The van der Waals surface area contributed by atoms with Crippen molar-refractivity contribution >= 4 is 5.97 Å². The van der Waals surface area contributed by atoms with E-state index in [1.807, 2.05) is 0 Å². The maximum Gasteiger partial charge on any atom is 0.303 e. The van der Waals surface area contributed by atoms with Crippen molar-refractivity contribution in [3.8, 4) is 11.5 Å². The first kappa shape index (κ1) is 30.3. The summed E-state index contributed by atoms with van der Waals surface area (Å²) in [6, 6.07) is 0. The summed E-state index contributed by atoms with van der Waals surface area (Å²) in [6.45, 7) is 16.4. The van der Waals surface area contributed by atoms with Crippen LogP contribution in [0, 0.1) is 32.6 Å². The molecular weight excluding hydrogens is 448 g/mol. The van der Waals surface area contributed by atoms with Crippen LogP contribution in [0.4, 0.5) is 0 Å². The second-order valence-electron chi connectivity index (χ2n) is 11.8. The van der Waals surface area contributed by atoms with Crippen molar-refractivity contribution in [2.24, 2.45) is 11.8 Å². The van der Waals surface area contributed by atoms with E-state index in [-0.39, 0.29) is 12.0 Å². The zero-order valence-electron chi connectivity index (χ0n) is 24.2. The molecule has 1 aromatic rings. The fourth-order valence-electron chi connectivity index (χ4n) is 5.21. The van der Waals surface area contributed by atoms with E-state index < -0.39 is 5.97 Å². The van der Waals surface area contributed by atoms with Crippen LogP contribution in [0.2, 0.25) is 0 Å². The SMILES string of the molecule is Cc1c(C)c2c(c(C)c1OCCCCCCCC(=O)O)CCC(C)(/C=C/CC(C)CCCC(C)C)O2. The van der Waals surface area contributed by atoms with Crippen LogP contribution in [-0.4, -0.2) is 23.3 Å². The summed E-state index contributed by atoms with van der Waals surface area (Å²) < 4.78 is 13.0. The van der Waals surface area contributed by atoms with Crippen LogP contribution in [0.15, 0.2) is 12.2 Å². The largest absolute Gasteiger partial charge is 0.493 e. The minimum absolute atomic E-state index is 0.253. The van der Waals surface area contributed by atoms with Crippen molar-refractivity contribution in [2.75, 3.05) is 6.61 Å². The van der Waals surface area contributed by atoms with Gasteiger partial charge in [0.25, 0.3) is 0 Å². The first-order valence-electron chi connectivity index (χ1n) is 14.4. The van der Waals surface area contributed by atoms with Crippen LogP contribution in [0.3, 0.4) is 0 Å². The summed E-state index contributed by atoms with van der Waals surface area (Å²) in [7, 11) is 0. The molecule has 0 spiro atoms. The van der Waals surface area contributed by atoms with E-state index in [0.717, 1.165) is 74.7 Å². The summed E-state index contributed by atoms with van der Waals surface area (Å²) in [5.41, 5.74) is 4.64. The Bertz CT molecular complexity index is 870. The Hall–Kier alpha value is -1.97. The van der Waals surface area contributed by atoms with Crippen molar-refractivity contribution in [1.29, 1.82) is 0 Å². The number of ether oxygens (including phenoxy) is 2. The van der Waals surface area contributed by atoms with Gasteiger partial charge in [-0.25, -0.2) is 0 Å². The van der Waals surface area contributed by atoms with Crippen LogP contribution in [0.5, 0.6) is 11.5 Å². The molecule has 0 aromatic heterocycles. The second-order valence-corrected chi connectivity index (χ2v) is 11.8. The molecule has 1 heterocycles. The molecule has 1 N–H and O–H groups in total. The van der Waals surface area contributed by atoms with Crippen LogP contribution in [0.1, 0.15) is 121 Å². The van der Waals surface area contributed by atoms with Gasteiger partial charge in [-0.1, -0.05) is 65.4 Å². The number of carboxylic acids is 1. The Morgan fingerprint density at radius 2 is 1.69 bits per heavy atom. The number of allylic oxidation sites excluding steroid dienone is 1. The average molecular weight is 501 g/mol. The molecule has 2 rings (SSSR count). The Labute approximate surface area is 220 Å². The van der Waals surface area contributed by atoms with Gasteiger partial charge in [-0.05, 0) is 94.4 Å². The van der Waals surface area contributed by atoms with Crippen molar-refractivity contribution in [3.63, 3.8) is 0 Å². The lowest BCUT2D eigenvalue weighted by molar-refractivity contribution is -0.137. The number of rotatable bonds is 16. The van der Waals surface area contributed by atoms with E-state index in [1.54, 1.807) is 0 Å². The zero-order valence-corrected chi connectivity index (χ0v) is 24.2. The highest BCUT2D eigenvalue weighted by atomic mass is 16.5. The molecule has 2 unspecified atom stereocenters. The molecule has 0 amide bonds. The normalized spacial score (nSPS) is 18.3. The topological polar surface area (TPSA) is 55.8 Å². The van der Waals surface area contributed by atoms with Crippen molar-refractivity contribution in [1.82, 2.24) is 0 Å². The molecular formula is C32H52O4. The minimum atomic E-state index is -0.700. The van der Waals surface area contributed by atoms with Gasteiger partial charge in [-0.3, -0.25) is 4.79 Å². The van der Waals surface area contributed by atoms with Gasteiger partial charge in [0.1, 0.15) is 17.1 Å². The van der Waals surface area contributed by atoms with Gasteiger partial charge in [0, 0.05) is 12.0 Å². The van der Waals surface area contributed by atoms with Gasteiger partial charge in [0.2, 0.25) is 0 Å². The first-order valence-corrected chi connectivity index (χ1v) is 14.4. The molecule has 4 nitrogen and oxygen atoms in total. The van der Waals surface area contributed by atoms with Gasteiger partial charge in [0.15, 0.2) is 0 Å². The van der Waals surface area contributed by atoms with Crippen LogP contribution >= 0.6 is 0 Å². The quantitative estimate of drug-likeness (QED) is 0.182. The average Bonchev–Trinajstić information content (AvgIpc) is 2.80. The molecule has 0 radical (unpaired) electrons. The Kier molecular flexibility index (Phi) is 12.3. The van der Waals surface area contributed by atoms with E-state index >= 15 is 0 Å². The van der Waals surface area contributed by atoms with Gasteiger partial charge in [-0.2, -0.15) is 0 Å². The van der Waals surface area contributed by atoms with E-state index in [9.17, 15) is 4.79 Å². The van der Waals surface area contributed by atoms with Crippen LogP contribution in [-0.2, 0) is 11.2 Å². The molecule has 1 aliphatic heterocycles. The summed E-state index contributed by atoms with van der Waals surface area (Å²) in [6.07, 6.45) is 16.9. The van der Waals surface area contributed by atoms with E-state index in [0.29, 0.717) is 6.61 Å². The number of fused-ring (bicyclic) bond motifs is 1. The lowest BCUT2D eigenvalue weighted by Crippen LogP contribution is -2.35. The molecule has 0 aliphatic carbocycles. The fraction of sp³-hybridized carbons (Fsp3) is 0.719. The number of carbonyl (C=O) groups is 1. The highest BCUT2D eigenvalue weighted by molar-refractivity contribution is 5.66. The summed E-state index contributed by atoms with van der Waals surface area (Å²) in [4.78, 5) is 10.6. The van der Waals surface area contributed by atoms with E-state index in [1.165, 1.54) is 41.5 Å². The molecule has 0 bridgehead atoms. The Morgan fingerprint density at radius 3 is 2.39 bits per heavy atom. The molecule has 204 valence electrons. The maximum absolute atomic E-state index is 10.6. The van der Waals surface area contributed by atoms with Gasteiger partial charge >= 0.3 is 5.97 Å². The maximum atomic E-state index is 10.6. The molecule has 4 heteroatoms. The number of aliphatic carboxylic acids is 1. The Balaban J connectivity index is 1.92. The number of hydrogen-bond donors (Lipinski definition) is 1. The predicted molar refractivity (Wildman–Crippen MR) is 150 cm³/mol. The molecule has 0 saturated heterocycles. The number of benzene rings is 1. The molecule has 1 aliphatic rings. The van der Waals surface area contributed by atoms with Gasteiger partial charge < -0.3 is 14.6 Å². The lowest BCUT2D eigenvalue weighted by Gasteiger charge is -2.36. The summed E-state index contributed by atoms with van der Waals surface area (Å²) >= 11 is 0. The number of unbranched alkanes of at least 4 members (excludes halogenated alkanes) is 4. The highest BCUT2D eigenvalue weighted by Gasteiger charge is 2.32. The minimum Gasteiger partial charge on any atom is -0.493 e. The third-order valence-corrected chi connectivity index (χ3v) is 7.79. The zero-order chi connectivity index (χ0) is 26.7. The summed E-state index contributed by atoms with van der Waals surface area (Å²) in [5.74, 6) is 2.89. The van der Waals surface area contributed by atoms with E-state index in [2.05, 4.69) is 60.6 Å². The smallest absolute Gasteiger partial charge is 0.303 e. The number of carboxylic acid groups (broad SMARTS) is 1. The standard InChI is InChI=1S/C32H52O4/c1-23(2)15-13-16-24(3)17-14-20-32(7)21-19-28-27(6)30(25(4)26(5)31(28)36-32)35-22-12-10-8-9-11-18-29(33)34/h14,20,23-24H,8-13,15-19,21-22H2,1-7H3,(H,33,34)/b20-14+.